The van der Waals surface area contributed by atoms with Gasteiger partial charge in [0.05, 0.1) is 19.8 Å². The van der Waals surface area contributed by atoms with Crippen molar-refractivity contribution in [3.05, 3.63) is 12.2 Å². The smallest absolute Gasteiger partial charge is 0.334 e. The molecule has 2 fully saturated rings. The molecule has 0 aromatic carbocycles. The van der Waals surface area contributed by atoms with Crippen LogP contribution in [0.2, 0.25) is 0 Å². The second-order valence-corrected chi connectivity index (χ2v) is 5.15. The van der Waals surface area contributed by atoms with E-state index in [0.717, 1.165) is 45.8 Å². The van der Waals surface area contributed by atoms with Gasteiger partial charge < -0.3 is 9.47 Å². The predicted octanol–water partition coefficient (Wildman–Crippen LogP) is 0.512. The van der Waals surface area contributed by atoms with Crippen LogP contribution < -0.4 is 0 Å². The monoisotopic (exact) mass is 268 g/mol. The number of ether oxygens (including phenoxy) is 2. The summed E-state index contributed by atoms with van der Waals surface area (Å²) in [6.45, 7) is 12.4. The van der Waals surface area contributed by atoms with E-state index in [-0.39, 0.29) is 5.97 Å². The summed E-state index contributed by atoms with van der Waals surface area (Å²) in [4.78, 5) is 16.3. The second kappa shape index (κ2) is 7.03. The third-order valence-electron chi connectivity index (χ3n) is 3.79. The van der Waals surface area contributed by atoms with Crippen LogP contribution in [0.5, 0.6) is 0 Å². The van der Waals surface area contributed by atoms with E-state index in [9.17, 15) is 4.79 Å². The molecule has 19 heavy (non-hydrogen) atoms. The molecule has 0 N–H and O–H groups in total. The molecule has 0 spiro atoms. The molecule has 5 heteroatoms. The van der Waals surface area contributed by atoms with Gasteiger partial charge in [0.2, 0.25) is 0 Å². The average Bonchev–Trinajstić information content (AvgIpc) is 2.88. The maximum absolute atomic E-state index is 11.5. The lowest BCUT2D eigenvalue weighted by Gasteiger charge is -2.32. The number of hydrogen-bond donors (Lipinski definition) is 0. The van der Waals surface area contributed by atoms with Gasteiger partial charge >= 0.3 is 5.97 Å². The number of rotatable bonds is 5. The predicted molar refractivity (Wildman–Crippen MR) is 73.0 cm³/mol. The van der Waals surface area contributed by atoms with Crippen LogP contribution in [-0.2, 0) is 14.3 Å². The van der Waals surface area contributed by atoms with Crippen LogP contribution in [0.15, 0.2) is 12.2 Å². The van der Waals surface area contributed by atoms with E-state index < -0.39 is 0 Å². The van der Waals surface area contributed by atoms with Crippen molar-refractivity contribution in [3.63, 3.8) is 0 Å². The fraction of sp³-hybridized carbons (Fsp3) is 0.786. The zero-order valence-corrected chi connectivity index (χ0v) is 11.8. The van der Waals surface area contributed by atoms with Crippen molar-refractivity contribution >= 4 is 5.97 Å². The molecular weight excluding hydrogens is 244 g/mol. The number of hydrogen-bond acceptors (Lipinski definition) is 5. The Morgan fingerprint density at radius 3 is 2.79 bits per heavy atom. The second-order valence-electron chi connectivity index (χ2n) is 5.15. The van der Waals surface area contributed by atoms with Gasteiger partial charge in [-0.15, -0.1) is 0 Å². The number of morpholine rings is 1. The van der Waals surface area contributed by atoms with Crippen molar-refractivity contribution in [1.29, 1.82) is 0 Å². The molecule has 0 radical (unpaired) electrons. The first-order valence-electron chi connectivity index (χ1n) is 7.09. The summed E-state index contributed by atoms with van der Waals surface area (Å²) in [6, 6.07) is 0.596. The van der Waals surface area contributed by atoms with Crippen molar-refractivity contribution < 1.29 is 14.3 Å². The molecule has 108 valence electrons. The van der Waals surface area contributed by atoms with E-state index >= 15 is 0 Å². The molecule has 0 bridgehead atoms. The van der Waals surface area contributed by atoms with E-state index in [2.05, 4.69) is 16.4 Å². The highest BCUT2D eigenvalue weighted by Gasteiger charge is 2.29. The third-order valence-corrected chi connectivity index (χ3v) is 3.79. The minimum Gasteiger partial charge on any atom is -0.463 e. The Kier molecular flexibility index (Phi) is 5.36. The summed E-state index contributed by atoms with van der Waals surface area (Å²) < 4.78 is 10.3. The van der Waals surface area contributed by atoms with Gasteiger partial charge in [0.1, 0.15) is 0 Å². The maximum atomic E-state index is 11.5. The van der Waals surface area contributed by atoms with E-state index in [4.69, 9.17) is 9.47 Å². The van der Waals surface area contributed by atoms with Gasteiger partial charge in [0.25, 0.3) is 0 Å². The summed E-state index contributed by atoms with van der Waals surface area (Å²) in [6.07, 6.45) is 1.16. The van der Waals surface area contributed by atoms with Crippen LogP contribution in [0.25, 0.3) is 0 Å². The molecule has 1 atom stereocenters. The lowest BCUT2D eigenvalue weighted by atomic mass is 10.2. The van der Waals surface area contributed by atoms with Crippen LogP contribution in [0, 0.1) is 0 Å². The number of esters is 1. The van der Waals surface area contributed by atoms with Crippen molar-refractivity contribution in [1.82, 2.24) is 9.80 Å². The number of carbonyl (C=O) groups is 1. The molecule has 0 saturated carbocycles. The van der Waals surface area contributed by atoms with Crippen LogP contribution in [0.4, 0.5) is 0 Å². The number of carbonyl (C=O) groups excluding carboxylic acids is 1. The average molecular weight is 268 g/mol. The van der Waals surface area contributed by atoms with Crippen LogP contribution in [-0.4, -0.2) is 74.4 Å². The summed E-state index contributed by atoms with van der Waals surface area (Å²) in [5, 5.41) is 0. The molecule has 2 aliphatic heterocycles. The van der Waals surface area contributed by atoms with Crippen molar-refractivity contribution in [3.8, 4) is 0 Å². The standard InChI is InChI=1S/C14H24N2O3/c1-3-19-14(17)12(2)10-15-5-4-13(11-15)16-6-8-18-9-7-16/h13H,2-11H2,1H3. The first-order chi connectivity index (χ1) is 9.20. The molecule has 5 nitrogen and oxygen atoms in total. The number of nitrogens with zero attached hydrogens (tertiary/aromatic N) is 2. The minimum absolute atomic E-state index is 0.266. The summed E-state index contributed by atoms with van der Waals surface area (Å²) in [7, 11) is 0. The van der Waals surface area contributed by atoms with Crippen molar-refractivity contribution in [2.75, 3.05) is 52.5 Å². The van der Waals surface area contributed by atoms with Gasteiger partial charge in [-0.1, -0.05) is 6.58 Å². The third kappa shape index (κ3) is 4.03. The molecule has 2 saturated heterocycles. The largest absolute Gasteiger partial charge is 0.463 e. The molecule has 2 heterocycles. The summed E-state index contributed by atoms with van der Waals surface area (Å²) in [5.74, 6) is -0.266. The Balaban J connectivity index is 1.75. The molecule has 1 unspecified atom stereocenters. The van der Waals surface area contributed by atoms with Crippen LogP contribution >= 0.6 is 0 Å². The minimum atomic E-state index is -0.266. The Hall–Kier alpha value is -0.910. The topological polar surface area (TPSA) is 42.0 Å². The quantitative estimate of drug-likeness (QED) is 0.537. The SMILES string of the molecule is C=C(CN1CCC(N2CCOCC2)C1)C(=O)OCC. The molecular formula is C14H24N2O3. The Morgan fingerprint density at radius 2 is 2.11 bits per heavy atom. The molecule has 0 amide bonds. The van der Waals surface area contributed by atoms with Gasteiger partial charge in [0, 0.05) is 44.3 Å². The van der Waals surface area contributed by atoms with E-state index in [1.54, 1.807) is 0 Å². The molecule has 0 aromatic heterocycles. The molecule has 0 aromatic rings. The zero-order valence-electron chi connectivity index (χ0n) is 11.8. The summed E-state index contributed by atoms with van der Waals surface area (Å²) >= 11 is 0. The van der Waals surface area contributed by atoms with Crippen LogP contribution in [0.1, 0.15) is 13.3 Å². The van der Waals surface area contributed by atoms with Crippen LogP contribution in [0.3, 0.4) is 0 Å². The lowest BCUT2D eigenvalue weighted by Crippen LogP contribution is -2.44. The van der Waals surface area contributed by atoms with Crippen molar-refractivity contribution in [2.24, 2.45) is 0 Å². The van der Waals surface area contributed by atoms with Gasteiger partial charge in [-0.3, -0.25) is 9.80 Å². The fourth-order valence-electron chi connectivity index (χ4n) is 2.76. The first kappa shape index (κ1) is 14.5. The van der Waals surface area contributed by atoms with Gasteiger partial charge in [0.15, 0.2) is 0 Å². The van der Waals surface area contributed by atoms with Gasteiger partial charge in [-0.2, -0.15) is 0 Å². The first-order valence-corrected chi connectivity index (χ1v) is 7.09. The van der Waals surface area contributed by atoms with Gasteiger partial charge in [-0.05, 0) is 13.3 Å². The van der Waals surface area contributed by atoms with Crippen molar-refractivity contribution in [2.45, 2.75) is 19.4 Å². The highest BCUT2D eigenvalue weighted by Crippen LogP contribution is 2.17. The Labute approximate surface area is 115 Å². The maximum Gasteiger partial charge on any atom is 0.334 e. The summed E-state index contributed by atoms with van der Waals surface area (Å²) in [5.41, 5.74) is 0.560. The Morgan fingerprint density at radius 1 is 1.37 bits per heavy atom. The molecule has 0 aliphatic carbocycles. The zero-order chi connectivity index (χ0) is 13.7. The van der Waals surface area contributed by atoms with E-state index in [1.807, 2.05) is 6.92 Å². The Bertz CT molecular complexity index is 327. The van der Waals surface area contributed by atoms with E-state index in [0.29, 0.717) is 24.8 Å². The lowest BCUT2D eigenvalue weighted by molar-refractivity contribution is -0.138. The number of likely N-dealkylation sites (tertiary alicyclic amines) is 1. The highest BCUT2D eigenvalue weighted by atomic mass is 16.5. The fourth-order valence-corrected chi connectivity index (χ4v) is 2.76. The normalized spacial score (nSPS) is 25.4. The van der Waals surface area contributed by atoms with E-state index in [1.165, 1.54) is 0 Å². The highest BCUT2D eigenvalue weighted by molar-refractivity contribution is 5.88. The molecule has 2 rings (SSSR count). The van der Waals surface area contributed by atoms with Gasteiger partial charge in [-0.25, -0.2) is 4.79 Å². The molecule has 2 aliphatic rings.